The Bertz CT molecular complexity index is 2510. The first-order valence-electron chi connectivity index (χ1n) is 15.9. The number of benzene rings is 9. The van der Waals surface area contributed by atoms with Crippen LogP contribution in [0.2, 0.25) is 0 Å². The minimum Gasteiger partial charge on any atom is -0.0622 e. The zero-order valence-corrected chi connectivity index (χ0v) is 25.3. The summed E-state index contributed by atoms with van der Waals surface area (Å²) in [5.41, 5.74) is 9.98. The van der Waals surface area contributed by atoms with Gasteiger partial charge in [-0.25, -0.2) is 0 Å². The number of hydrogen-bond donors (Lipinski definition) is 0. The fraction of sp³-hybridized carbons (Fsp3) is 0. The van der Waals surface area contributed by atoms with Gasteiger partial charge in [-0.3, -0.25) is 0 Å². The first-order chi connectivity index (χ1) is 22.8. The van der Waals surface area contributed by atoms with Crippen molar-refractivity contribution in [2.45, 2.75) is 0 Å². The minimum atomic E-state index is 1.21. The Kier molecular flexibility index (Phi) is 6.25. The van der Waals surface area contributed by atoms with Gasteiger partial charge in [0, 0.05) is 0 Å². The largest absolute Gasteiger partial charge is 0.0622 e. The summed E-state index contributed by atoms with van der Waals surface area (Å²) in [5, 5.41) is 10.1. The van der Waals surface area contributed by atoms with Gasteiger partial charge in [0.2, 0.25) is 0 Å². The Labute approximate surface area is 268 Å². The van der Waals surface area contributed by atoms with Gasteiger partial charge in [-0.15, -0.1) is 0 Å². The number of rotatable bonds is 4. The third-order valence-corrected chi connectivity index (χ3v) is 9.44. The van der Waals surface area contributed by atoms with E-state index in [9.17, 15) is 0 Å². The highest BCUT2D eigenvalue weighted by Gasteiger charge is 2.20. The number of fused-ring (bicyclic) bond motifs is 4. The summed E-state index contributed by atoms with van der Waals surface area (Å²) in [4.78, 5) is 0. The molecule has 0 bridgehead atoms. The SMILES string of the molecule is c1ccc(-c2cc(-c3cccc4ccccc34)ccc2-c2c3ccccc3c(-c3ccc4ccccc4c3)c3ccccc23)cc1. The average Bonchev–Trinajstić information content (AvgIpc) is 3.13. The quantitative estimate of drug-likeness (QED) is 0.181. The Morgan fingerprint density at radius 2 is 0.761 bits per heavy atom. The van der Waals surface area contributed by atoms with Gasteiger partial charge in [-0.1, -0.05) is 170 Å². The fourth-order valence-electron chi connectivity index (χ4n) is 7.34. The molecule has 0 saturated carbocycles. The van der Waals surface area contributed by atoms with Crippen molar-refractivity contribution in [3.05, 3.63) is 182 Å². The molecule has 0 atom stereocenters. The van der Waals surface area contributed by atoms with Gasteiger partial charge < -0.3 is 0 Å². The molecule has 0 amide bonds. The van der Waals surface area contributed by atoms with Crippen LogP contribution in [0.25, 0.3) is 87.6 Å². The predicted octanol–water partition coefficient (Wildman–Crippen LogP) is 13.0. The zero-order valence-electron chi connectivity index (χ0n) is 25.3. The lowest BCUT2D eigenvalue weighted by molar-refractivity contribution is 1.59. The van der Waals surface area contributed by atoms with Gasteiger partial charge in [-0.05, 0) is 99.7 Å². The van der Waals surface area contributed by atoms with Gasteiger partial charge in [-0.2, -0.15) is 0 Å². The van der Waals surface area contributed by atoms with Crippen LogP contribution in [0, 0.1) is 0 Å². The van der Waals surface area contributed by atoms with Crippen molar-refractivity contribution in [3.63, 3.8) is 0 Å². The molecule has 9 aromatic rings. The van der Waals surface area contributed by atoms with E-state index in [-0.39, 0.29) is 0 Å². The van der Waals surface area contributed by atoms with Crippen LogP contribution in [0.15, 0.2) is 182 Å². The van der Waals surface area contributed by atoms with Crippen molar-refractivity contribution in [3.8, 4) is 44.5 Å². The molecule has 0 aliphatic carbocycles. The molecule has 9 aromatic carbocycles. The van der Waals surface area contributed by atoms with Crippen LogP contribution >= 0.6 is 0 Å². The van der Waals surface area contributed by atoms with Gasteiger partial charge in [0.15, 0.2) is 0 Å². The van der Waals surface area contributed by atoms with Gasteiger partial charge in [0.05, 0.1) is 0 Å². The standard InChI is InChI=1S/C46H30/c1-2-14-33(15-3-1)44-30-35(38-24-12-18-32-16-6-7-19-37(32)38)27-28-43(44)46-41-22-10-8-20-39(41)45(40-21-9-11-23-42(40)46)36-26-25-31-13-4-5-17-34(31)29-36/h1-30H. The fourth-order valence-corrected chi connectivity index (χ4v) is 7.34. The lowest BCUT2D eigenvalue weighted by atomic mass is 9.82. The highest BCUT2D eigenvalue weighted by Crippen LogP contribution is 2.47. The Balaban J connectivity index is 1.36. The molecule has 0 nitrogen and oxygen atoms in total. The second-order valence-electron chi connectivity index (χ2n) is 12.1. The molecule has 0 aromatic heterocycles. The average molecular weight is 583 g/mol. The zero-order chi connectivity index (χ0) is 30.5. The Morgan fingerprint density at radius 1 is 0.217 bits per heavy atom. The molecular weight excluding hydrogens is 553 g/mol. The maximum Gasteiger partial charge on any atom is -0.00201 e. The Hall–Kier alpha value is -5.98. The summed E-state index contributed by atoms with van der Waals surface area (Å²) in [6.45, 7) is 0. The number of hydrogen-bond acceptors (Lipinski definition) is 0. The van der Waals surface area contributed by atoms with Crippen molar-refractivity contribution >= 4 is 43.1 Å². The van der Waals surface area contributed by atoms with Crippen LogP contribution in [0.4, 0.5) is 0 Å². The third-order valence-electron chi connectivity index (χ3n) is 9.44. The lowest BCUT2D eigenvalue weighted by Gasteiger charge is -2.21. The van der Waals surface area contributed by atoms with Crippen molar-refractivity contribution < 1.29 is 0 Å². The van der Waals surface area contributed by atoms with E-state index in [0.717, 1.165) is 0 Å². The van der Waals surface area contributed by atoms with E-state index in [1.54, 1.807) is 0 Å². The molecule has 0 heterocycles. The third kappa shape index (κ3) is 4.30. The van der Waals surface area contributed by atoms with Crippen LogP contribution < -0.4 is 0 Å². The minimum absolute atomic E-state index is 1.21. The molecule has 0 saturated heterocycles. The van der Waals surface area contributed by atoms with Crippen molar-refractivity contribution in [2.75, 3.05) is 0 Å². The van der Waals surface area contributed by atoms with Crippen LogP contribution in [-0.2, 0) is 0 Å². The van der Waals surface area contributed by atoms with E-state index in [1.165, 1.54) is 87.6 Å². The second kappa shape index (κ2) is 10.9. The maximum atomic E-state index is 2.40. The van der Waals surface area contributed by atoms with Gasteiger partial charge in [0.1, 0.15) is 0 Å². The van der Waals surface area contributed by atoms with E-state index in [0.29, 0.717) is 0 Å². The van der Waals surface area contributed by atoms with E-state index in [4.69, 9.17) is 0 Å². The smallest absolute Gasteiger partial charge is 0.00201 e. The molecule has 0 aliphatic heterocycles. The summed E-state index contributed by atoms with van der Waals surface area (Å²) in [6, 6.07) is 66.6. The summed E-state index contributed by atoms with van der Waals surface area (Å²) >= 11 is 0. The highest BCUT2D eigenvalue weighted by molar-refractivity contribution is 6.23. The molecular formula is C46H30. The molecule has 214 valence electrons. The first-order valence-corrected chi connectivity index (χ1v) is 15.9. The van der Waals surface area contributed by atoms with Crippen LogP contribution in [0.5, 0.6) is 0 Å². The van der Waals surface area contributed by atoms with Crippen LogP contribution in [0.3, 0.4) is 0 Å². The molecule has 0 fully saturated rings. The summed E-state index contributed by atoms with van der Waals surface area (Å²) in [6.07, 6.45) is 0. The molecule has 0 N–H and O–H groups in total. The maximum absolute atomic E-state index is 2.40. The molecule has 9 rings (SSSR count). The van der Waals surface area contributed by atoms with Crippen LogP contribution in [0.1, 0.15) is 0 Å². The molecule has 0 heteroatoms. The normalized spacial score (nSPS) is 11.5. The van der Waals surface area contributed by atoms with Crippen molar-refractivity contribution in [2.24, 2.45) is 0 Å². The van der Waals surface area contributed by atoms with Crippen LogP contribution in [-0.4, -0.2) is 0 Å². The molecule has 0 aliphatic rings. The van der Waals surface area contributed by atoms with Gasteiger partial charge >= 0.3 is 0 Å². The topological polar surface area (TPSA) is 0 Å². The van der Waals surface area contributed by atoms with E-state index in [2.05, 4.69) is 182 Å². The second-order valence-corrected chi connectivity index (χ2v) is 12.1. The molecule has 0 unspecified atom stereocenters. The lowest BCUT2D eigenvalue weighted by Crippen LogP contribution is -1.93. The summed E-state index contributed by atoms with van der Waals surface area (Å²) < 4.78 is 0. The van der Waals surface area contributed by atoms with E-state index in [1.807, 2.05) is 0 Å². The summed E-state index contributed by atoms with van der Waals surface area (Å²) in [7, 11) is 0. The molecule has 0 spiro atoms. The van der Waals surface area contributed by atoms with E-state index < -0.39 is 0 Å². The van der Waals surface area contributed by atoms with Crippen molar-refractivity contribution in [1.82, 2.24) is 0 Å². The Morgan fingerprint density at radius 3 is 1.48 bits per heavy atom. The van der Waals surface area contributed by atoms with Gasteiger partial charge in [0.25, 0.3) is 0 Å². The monoisotopic (exact) mass is 582 g/mol. The highest BCUT2D eigenvalue weighted by atomic mass is 14.2. The van der Waals surface area contributed by atoms with E-state index >= 15 is 0 Å². The first kappa shape index (κ1) is 26.4. The summed E-state index contributed by atoms with van der Waals surface area (Å²) in [5.74, 6) is 0. The van der Waals surface area contributed by atoms with Crippen molar-refractivity contribution in [1.29, 1.82) is 0 Å². The molecule has 0 radical (unpaired) electrons. The predicted molar refractivity (Wildman–Crippen MR) is 198 cm³/mol. The molecule has 46 heavy (non-hydrogen) atoms.